The average molecular weight is 276 g/mol. The highest BCUT2D eigenvalue weighted by Crippen LogP contribution is 2.65. The van der Waals surface area contributed by atoms with Crippen LogP contribution < -0.4 is 0 Å². The van der Waals surface area contributed by atoms with Gasteiger partial charge in [0.05, 0.1) is 0 Å². The molecule has 0 aromatic rings. The second kappa shape index (κ2) is 4.34. The molecule has 0 saturated heterocycles. The van der Waals surface area contributed by atoms with Crippen molar-refractivity contribution in [1.29, 1.82) is 0 Å². The maximum absolute atomic E-state index is 14.9. The summed E-state index contributed by atoms with van der Waals surface area (Å²) < 4.78 is 14.9. The van der Waals surface area contributed by atoms with Crippen LogP contribution in [0, 0.1) is 28.6 Å². The molecule has 0 aliphatic heterocycles. The molecular weight excluding hydrogens is 247 g/mol. The van der Waals surface area contributed by atoms with E-state index in [4.69, 9.17) is 0 Å². The molecular formula is C19H29F. The topological polar surface area (TPSA) is 0 Å². The van der Waals surface area contributed by atoms with Gasteiger partial charge in [-0.1, -0.05) is 31.9 Å². The number of rotatable bonds is 0. The Hall–Kier alpha value is -0.330. The minimum Gasteiger partial charge on any atom is -0.247 e. The summed E-state index contributed by atoms with van der Waals surface area (Å²) in [7, 11) is 0. The molecule has 0 amide bonds. The molecule has 3 saturated carbocycles. The van der Waals surface area contributed by atoms with Crippen LogP contribution in [0.2, 0.25) is 0 Å². The maximum Gasteiger partial charge on any atom is 0.109 e. The Labute approximate surface area is 123 Å². The zero-order valence-electron chi connectivity index (χ0n) is 13.1. The van der Waals surface area contributed by atoms with Crippen molar-refractivity contribution in [3.05, 3.63) is 11.6 Å². The first-order valence-electron chi connectivity index (χ1n) is 8.89. The van der Waals surface area contributed by atoms with Crippen molar-refractivity contribution >= 4 is 0 Å². The largest absolute Gasteiger partial charge is 0.247 e. The molecule has 112 valence electrons. The molecule has 4 aliphatic carbocycles. The Morgan fingerprint density at radius 2 is 1.90 bits per heavy atom. The molecule has 0 heterocycles. The lowest BCUT2D eigenvalue weighted by Gasteiger charge is -2.57. The van der Waals surface area contributed by atoms with Gasteiger partial charge in [-0.25, -0.2) is 4.39 Å². The summed E-state index contributed by atoms with van der Waals surface area (Å²) in [5, 5.41) is 0. The van der Waals surface area contributed by atoms with E-state index in [9.17, 15) is 4.39 Å². The number of alkyl halides is 1. The predicted molar refractivity (Wildman–Crippen MR) is 81.2 cm³/mol. The van der Waals surface area contributed by atoms with E-state index >= 15 is 0 Å². The van der Waals surface area contributed by atoms with Crippen LogP contribution >= 0.6 is 0 Å². The van der Waals surface area contributed by atoms with Crippen molar-refractivity contribution in [2.45, 2.75) is 77.8 Å². The molecule has 0 nitrogen and oxygen atoms in total. The van der Waals surface area contributed by atoms with Crippen LogP contribution in [0.1, 0.15) is 71.6 Å². The fourth-order valence-electron chi connectivity index (χ4n) is 6.67. The van der Waals surface area contributed by atoms with E-state index in [-0.39, 0.29) is 5.41 Å². The van der Waals surface area contributed by atoms with E-state index in [0.717, 1.165) is 24.7 Å². The van der Waals surface area contributed by atoms with Crippen LogP contribution in [0.5, 0.6) is 0 Å². The van der Waals surface area contributed by atoms with E-state index in [1.165, 1.54) is 50.5 Å². The first-order valence-corrected chi connectivity index (χ1v) is 8.89. The second-order valence-electron chi connectivity index (χ2n) is 8.57. The summed E-state index contributed by atoms with van der Waals surface area (Å²) >= 11 is 0. The second-order valence-corrected chi connectivity index (χ2v) is 8.57. The first kappa shape index (κ1) is 13.3. The molecule has 0 bridgehead atoms. The molecule has 4 aliphatic rings. The van der Waals surface area contributed by atoms with E-state index < -0.39 is 6.17 Å². The lowest BCUT2D eigenvalue weighted by atomic mass is 9.48. The fraction of sp³-hybridized carbons (Fsp3) is 0.895. The van der Waals surface area contributed by atoms with Gasteiger partial charge < -0.3 is 0 Å². The van der Waals surface area contributed by atoms with Crippen molar-refractivity contribution in [1.82, 2.24) is 0 Å². The quantitative estimate of drug-likeness (QED) is 0.499. The van der Waals surface area contributed by atoms with Crippen LogP contribution in [0.4, 0.5) is 4.39 Å². The highest BCUT2D eigenvalue weighted by atomic mass is 19.1. The molecule has 0 N–H and O–H groups in total. The highest BCUT2D eigenvalue weighted by Gasteiger charge is 2.57. The third-order valence-electron chi connectivity index (χ3n) is 7.87. The van der Waals surface area contributed by atoms with Crippen molar-refractivity contribution in [2.75, 3.05) is 0 Å². The maximum atomic E-state index is 14.9. The fourth-order valence-corrected chi connectivity index (χ4v) is 6.67. The Morgan fingerprint density at radius 1 is 1.05 bits per heavy atom. The molecule has 1 unspecified atom stereocenters. The molecule has 0 spiro atoms. The Morgan fingerprint density at radius 3 is 2.75 bits per heavy atom. The lowest BCUT2D eigenvalue weighted by Crippen LogP contribution is -2.52. The van der Waals surface area contributed by atoms with Crippen LogP contribution in [0.25, 0.3) is 0 Å². The number of hydrogen-bond donors (Lipinski definition) is 0. The van der Waals surface area contributed by atoms with Crippen molar-refractivity contribution in [3.8, 4) is 0 Å². The normalized spacial score (nSPS) is 54.6. The Bertz CT molecular complexity index is 439. The minimum atomic E-state index is -0.582. The van der Waals surface area contributed by atoms with Gasteiger partial charge in [0.1, 0.15) is 6.17 Å². The standard InChI is InChI=1S/C19H29F/c1-18-11-4-6-15(18)14-9-8-13-5-3-7-17(20)19(13,2)16(14)10-12-18/h8,14-17H,3-7,9-12H2,1-2H3/t14-,15-,16-,17?,18-,19-/m0/s1. The monoisotopic (exact) mass is 276 g/mol. The molecule has 3 fully saturated rings. The summed E-state index contributed by atoms with van der Waals surface area (Å²) in [6, 6.07) is 0. The van der Waals surface area contributed by atoms with Gasteiger partial charge in [-0.05, 0) is 74.5 Å². The summed E-state index contributed by atoms with van der Waals surface area (Å²) in [4.78, 5) is 0. The third-order valence-corrected chi connectivity index (χ3v) is 7.87. The van der Waals surface area contributed by atoms with E-state index in [0.29, 0.717) is 11.3 Å². The summed E-state index contributed by atoms with van der Waals surface area (Å²) in [5.74, 6) is 2.29. The van der Waals surface area contributed by atoms with Crippen LogP contribution in [0.3, 0.4) is 0 Å². The average Bonchev–Trinajstić information content (AvgIpc) is 2.82. The Kier molecular flexibility index (Phi) is 2.89. The number of allylic oxidation sites excluding steroid dienone is 2. The van der Waals surface area contributed by atoms with Gasteiger partial charge in [0, 0.05) is 5.41 Å². The number of fused-ring (bicyclic) bond motifs is 5. The van der Waals surface area contributed by atoms with E-state index in [1.807, 2.05) is 0 Å². The molecule has 6 atom stereocenters. The SMILES string of the molecule is C[C@@]12CCC[C@H]1[C@@H]1CC=C3CCCC(F)[C@]3(C)[C@H]1CC2. The predicted octanol–water partition coefficient (Wildman–Crippen LogP) is 5.68. The molecule has 4 rings (SSSR count). The van der Waals surface area contributed by atoms with Crippen LogP contribution in [-0.4, -0.2) is 6.17 Å². The minimum absolute atomic E-state index is 0.106. The van der Waals surface area contributed by atoms with Gasteiger partial charge in [-0.2, -0.15) is 0 Å². The van der Waals surface area contributed by atoms with Crippen molar-refractivity contribution in [2.24, 2.45) is 28.6 Å². The van der Waals surface area contributed by atoms with Gasteiger partial charge in [0.2, 0.25) is 0 Å². The molecule has 0 aromatic carbocycles. The zero-order valence-corrected chi connectivity index (χ0v) is 13.1. The van der Waals surface area contributed by atoms with Gasteiger partial charge in [0.25, 0.3) is 0 Å². The van der Waals surface area contributed by atoms with Gasteiger partial charge in [0.15, 0.2) is 0 Å². The van der Waals surface area contributed by atoms with Crippen LogP contribution in [-0.2, 0) is 0 Å². The Balaban J connectivity index is 1.72. The number of hydrogen-bond acceptors (Lipinski definition) is 0. The van der Waals surface area contributed by atoms with Gasteiger partial charge in [-0.3, -0.25) is 0 Å². The lowest BCUT2D eigenvalue weighted by molar-refractivity contribution is -0.0563. The third kappa shape index (κ3) is 1.58. The molecule has 0 radical (unpaired) electrons. The van der Waals surface area contributed by atoms with Gasteiger partial charge >= 0.3 is 0 Å². The van der Waals surface area contributed by atoms with Crippen molar-refractivity contribution < 1.29 is 4.39 Å². The highest BCUT2D eigenvalue weighted by molar-refractivity contribution is 5.26. The summed E-state index contributed by atoms with van der Waals surface area (Å²) in [6.45, 7) is 4.80. The number of halogens is 1. The molecule has 1 heteroatoms. The van der Waals surface area contributed by atoms with E-state index in [1.54, 1.807) is 0 Å². The molecule has 0 aromatic heterocycles. The first-order chi connectivity index (χ1) is 9.56. The smallest absolute Gasteiger partial charge is 0.109 e. The van der Waals surface area contributed by atoms with E-state index in [2.05, 4.69) is 19.9 Å². The van der Waals surface area contributed by atoms with Crippen LogP contribution in [0.15, 0.2) is 11.6 Å². The molecule has 20 heavy (non-hydrogen) atoms. The van der Waals surface area contributed by atoms with Crippen molar-refractivity contribution in [3.63, 3.8) is 0 Å². The zero-order chi connectivity index (χ0) is 14.0. The van der Waals surface area contributed by atoms with Gasteiger partial charge in [-0.15, -0.1) is 0 Å². The summed E-state index contributed by atoms with van der Waals surface area (Å²) in [5.41, 5.74) is 1.97. The summed E-state index contributed by atoms with van der Waals surface area (Å²) in [6.07, 6.45) is 13.1.